The van der Waals surface area contributed by atoms with Gasteiger partial charge in [0.15, 0.2) is 0 Å². The molecule has 0 aliphatic rings. The van der Waals surface area contributed by atoms with Gasteiger partial charge in [-0.2, -0.15) is 0 Å². The molecule has 0 bridgehead atoms. The van der Waals surface area contributed by atoms with Gasteiger partial charge in [-0.25, -0.2) is 0 Å². The Morgan fingerprint density at radius 3 is 0.484 bits per heavy atom. The number of rotatable bonds is 14. The van der Waals surface area contributed by atoms with Crippen LogP contribution in [0.4, 0.5) is 0 Å². The van der Waals surface area contributed by atoms with E-state index in [4.69, 9.17) is 0 Å². The van der Waals surface area contributed by atoms with Crippen LogP contribution < -0.4 is 73.3 Å². The van der Waals surface area contributed by atoms with E-state index in [0.29, 0.717) is 0 Å². The lowest BCUT2D eigenvalue weighted by atomic mass is 10.3. The fourth-order valence-corrected chi connectivity index (χ4v) is 24.6. The van der Waals surface area contributed by atoms with Gasteiger partial charge in [0.1, 0.15) is 0 Å². The molecule has 0 unspecified atom stereocenters. The second-order valence-corrected chi connectivity index (χ2v) is 72.2. The fourth-order valence-electron chi connectivity index (χ4n) is 8.12. The molecule has 64 heavy (non-hydrogen) atoms. The van der Waals surface area contributed by atoms with Crippen LogP contribution >= 0.6 is 15.8 Å². The molecular weight excluding hydrogens is 935 g/mol. The van der Waals surface area contributed by atoms with Gasteiger partial charge in [-0.05, 0) is 47.7 Å². The summed E-state index contributed by atoms with van der Waals surface area (Å²) in [5.74, 6) is 0. The number of hydrogen-bond donors (Lipinski definition) is 0. The van der Waals surface area contributed by atoms with Crippen LogP contribution in [0.1, 0.15) is 0 Å². The Morgan fingerprint density at radius 2 is 0.359 bits per heavy atom. The predicted molar refractivity (Wildman–Crippen MR) is 328 cm³/mol. The zero-order valence-electron chi connectivity index (χ0n) is 45.1. The molecule has 0 nitrogen and oxygen atoms in total. The van der Waals surface area contributed by atoms with Crippen LogP contribution in [-0.2, 0) is 0 Å². The highest BCUT2D eigenvalue weighted by atomic mass is 31.1. The minimum absolute atomic E-state index is 0.915. The third-order valence-electron chi connectivity index (χ3n) is 13.0. The molecule has 5 aromatic rings. The lowest BCUT2D eigenvalue weighted by Gasteiger charge is -2.33. The lowest BCUT2D eigenvalue weighted by molar-refractivity contribution is 1.67. The molecule has 0 fully saturated rings. The van der Waals surface area contributed by atoms with Crippen molar-refractivity contribution < 1.29 is 0 Å². The third-order valence-corrected chi connectivity index (χ3v) is 34.2. The van der Waals surface area contributed by atoms with Gasteiger partial charge < -0.3 is 0 Å². The van der Waals surface area contributed by atoms with Crippen molar-refractivity contribution in [3.05, 3.63) is 97.1 Å². The molecule has 0 atom stereocenters. The number of benzene rings is 5. The van der Waals surface area contributed by atoms with E-state index in [1.807, 2.05) is 0 Å². The minimum atomic E-state index is -1.68. The SMILES string of the molecule is C[Si](C)(C)c1cc(P(c2cc([Si](C)(C)C)cc([Si](C)(C)C)c2)c2ccccc2P(c2cc([Si](C)(C)C)cc([Si](C)(C)C)c2)c2cc([Si](C)(C)C)cc([Si](C)(C)C)c2)cc([Si](C)(C)C)c1. The zero-order valence-corrected chi connectivity index (χ0v) is 54.9. The maximum absolute atomic E-state index is 2.72. The second-order valence-electron chi connectivity index (χ2n) is 27.2. The van der Waals surface area contributed by atoms with Crippen molar-refractivity contribution in [2.75, 3.05) is 0 Å². The summed E-state index contributed by atoms with van der Waals surface area (Å²) in [4.78, 5) is 0. The topological polar surface area (TPSA) is 0 Å². The van der Waals surface area contributed by atoms with E-state index in [9.17, 15) is 0 Å². The summed E-state index contributed by atoms with van der Waals surface area (Å²) in [5.41, 5.74) is 0. The van der Waals surface area contributed by atoms with Crippen LogP contribution in [0, 0.1) is 0 Å². The largest absolute Gasteiger partial charge is 0.0776 e. The van der Waals surface area contributed by atoms with Crippen molar-refractivity contribution in [1.29, 1.82) is 0 Å². The average molecular weight is 1020 g/mol. The van der Waals surface area contributed by atoms with Crippen LogP contribution in [0.15, 0.2) is 97.1 Å². The van der Waals surface area contributed by atoms with Gasteiger partial charge in [0.05, 0.1) is 64.6 Å². The Kier molecular flexibility index (Phi) is 15.5. The summed E-state index contributed by atoms with van der Waals surface area (Å²) in [5, 5.41) is 22.4. The molecule has 0 amide bonds. The van der Waals surface area contributed by atoms with Crippen LogP contribution in [0.5, 0.6) is 0 Å². The first kappa shape index (κ1) is 53.6. The summed E-state index contributed by atoms with van der Waals surface area (Å²) in [6.45, 7) is 61.5. The Hall–Kier alpha value is -1.30. The first-order valence-corrected chi connectivity index (χ1v) is 54.8. The van der Waals surface area contributed by atoms with E-state index in [0.717, 1.165) is 0 Å². The maximum atomic E-state index is 2.72. The molecule has 0 aliphatic heterocycles. The van der Waals surface area contributed by atoms with Crippen molar-refractivity contribution in [3.8, 4) is 0 Å². The highest BCUT2D eigenvalue weighted by Crippen LogP contribution is 2.39. The first-order valence-electron chi connectivity index (χ1n) is 24.1. The van der Waals surface area contributed by atoms with E-state index < -0.39 is 80.4 Å². The van der Waals surface area contributed by atoms with Crippen LogP contribution in [-0.4, -0.2) is 64.6 Å². The zero-order chi connectivity index (χ0) is 48.6. The predicted octanol–water partition coefficient (Wildman–Crippen LogP) is 9.56. The van der Waals surface area contributed by atoms with Crippen LogP contribution in [0.3, 0.4) is 0 Å². The molecular formula is C54H88P2Si8. The Labute approximate surface area is 404 Å². The molecule has 5 aromatic carbocycles. The van der Waals surface area contributed by atoms with E-state index in [-0.39, 0.29) is 0 Å². The second kappa shape index (κ2) is 18.5. The standard InChI is InChI=1S/C54H88P2Si8/c1-57(2,3)45-29-41(30-46(37-45)58(4,5)6)55(42-31-47(59(7,8)9)38-48(32-42)60(10,11)12)53-27-25-26-28-54(53)56(43-33-49(61(13,14)15)39-50(34-43)62(16,17)18)44-35-51(63(19,20)21)40-52(36-44)64(22,23)24/h25-40H,1-24H3. The van der Waals surface area contributed by atoms with Gasteiger partial charge in [-0.15, -0.1) is 0 Å². The van der Waals surface area contributed by atoms with E-state index in [1.165, 1.54) is 0 Å². The molecule has 0 saturated heterocycles. The summed E-state index contributed by atoms with van der Waals surface area (Å²) in [6.07, 6.45) is 0. The summed E-state index contributed by atoms with van der Waals surface area (Å²) < 4.78 is 0. The van der Waals surface area contributed by atoms with Gasteiger partial charge in [-0.3, -0.25) is 0 Å². The quantitative estimate of drug-likeness (QED) is 0.0769. The molecule has 0 spiro atoms. The molecule has 5 rings (SSSR count). The van der Waals surface area contributed by atoms with Gasteiger partial charge in [0.25, 0.3) is 0 Å². The average Bonchev–Trinajstić information content (AvgIpc) is 3.12. The van der Waals surface area contributed by atoms with Crippen molar-refractivity contribution in [2.45, 2.75) is 157 Å². The maximum Gasteiger partial charge on any atom is 0.0776 e. The molecule has 0 N–H and O–H groups in total. The smallest absolute Gasteiger partial charge is 0.0656 e. The molecule has 0 aliphatic carbocycles. The van der Waals surface area contributed by atoms with Crippen LogP contribution in [0.25, 0.3) is 0 Å². The molecule has 346 valence electrons. The van der Waals surface area contributed by atoms with Gasteiger partial charge in [-0.1, -0.05) is 296 Å². The summed E-state index contributed by atoms with van der Waals surface area (Å²) >= 11 is 0. The highest BCUT2D eigenvalue weighted by molar-refractivity contribution is 7.85. The fraction of sp³-hybridized carbons (Fsp3) is 0.444. The Balaban J connectivity index is 2.09. The van der Waals surface area contributed by atoms with Gasteiger partial charge >= 0.3 is 0 Å². The van der Waals surface area contributed by atoms with E-state index in [2.05, 4.69) is 254 Å². The third kappa shape index (κ3) is 12.9. The first-order chi connectivity index (χ1) is 28.8. The molecule has 0 saturated carbocycles. The highest BCUT2D eigenvalue weighted by Gasteiger charge is 2.35. The van der Waals surface area contributed by atoms with Gasteiger partial charge in [0.2, 0.25) is 0 Å². The monoisotopic (exact) mass is 1020 g/mol. The van der Waals surface area contributed by atoms with E-state index in [1.54, 1.807) is 73.3 Å². The van der Waals surface area contributed by atoms with Crippen molar-refractivity contribution in [1.82, 2.24) is 0 Å². The molecule has 0 radical (unpaired) electrons. The van der Waals surface area contributed by atoms with Gasteiger partial charge in [0, 0.05) is 0 Å². The normalized spacial score (nSPS) is 13.9. The summed E-state index contributed by atoms with van der Waals surface area (Å²) in [7, 11) is -15.2. The van der Waals surface area contributed by atoms with Crippen molar-refractivity contribution in [3.63, 3.8) is 0 Å². The van der Waals surface area contributed by atoms with E-state index >= 15 is 0 Å². The Bertz CT molecular complexity index is 2030. The molecule has 0 heterocycles. The van der Waals surface area contributed by atoms with Crippen molar-refractivity contribution >= 4 is 154 Å². The minimum Gasteiger partial charge on any atom is -0.0656 e. The van der Waals surface area contributed by atoms with Crippen LogP contribution in [0.2, 0.25) is 157 Å². The Morgan fingerprint density at radius 1 is 0.219 bits per heavy atom. The summed E-state index contributed by atoms with van der Waals surface area (Å²) in [6, 6.07) is 42.4. The molecule has 0 aromatic heterocycles. The lowest BCUT2D eigenvalue weighted by Crippen LogP contribution is -2.50. The van der Waals surface area contributed by atoms with Crippen molar-refractivity contribution in [2.24, 2.45) is 0 Å². The molecule has 10 heteroatoms. The number of hydrogen-bond acceptors (Lipinski definition) is 0.